The van der Waals surface area contributed by atoms with Gasteiger partial charge in [0, 0.05) is 12.1 Å². The maximum absolute atomic E-state index is 12.6. The summed E-state index contributed by atoms with van der Waals surface area (Å²) in [6.07, 6.45) is -0.128. The number of ether oxygens (including phenoxy) is 1. The van der Waals surface area contributed by atoms with Crippen molar-refractivity contribution in [1.82, 2.24) is 5.01 Å². The molecule has 2 rings (SSSR count). The number of carbonyl (C=O) groups excluding carboxylic acids is 2. The molecule has 0 radical (unpaired) electrons. The Morgan fingerprint density at radius 1 is 1.36 bits per heavy atom. The van der Waals surface area contributed by atoms with E-state index in [4.69, 9.17) is 0 Å². The van der Waals surface area contributed by atoms with Gasteiger partial charge < -0.3 is 14.9 Å². The first kappa shape index (κ1) is 16.0. The van der Waals surface area contributed by atoms with Crippen molar-refractivity contribution in [2.75, 3.05) is 7.11 Å². The number of esters is 1. The number of aliphatic hydroxyl groups is 1. The minimum absolute atomic E-state index is 0.0569. The van der Waals surface area contributed by atoms with Crippen molar-refractivity contribution in [1.29, 1.82) is 0 Å². The molecule has 0 aliphatic carbocycles. The Morgan fingerprint density at radius 3 is 2.55 bits per heavy atom. The summed E-state index contributed by atoms with van der Waals surface area (Å²) < 4.78 is 4.59. The number of nitrogens with zero attached hydrogens (tertiary/aromatic N) is 2. The smallest absolute Gasteiger partial charge is 0.361 e. The van der Waals surface area contributed by atoms with Crippen molar-refractivity contribution >= 4 is 17.6 Å². The molecule has 0 unspecified atom stereocenters. The molecule has 1 aliphatic heterocycles. The molecule has 0 aromatic heterocycles. The number of rotatable bonds is 3. The van der Waals surface area contributed by atoms with Gasteiger partial charge in [0.15, 0.2) is 0 Å². The third-order valence-corrected chi connectivity index (χ3v) is 3.51. The number of hydrazone groups is 1. The third-order valence-electron chi connectivity index (χ3n) is 3.51. The molecule has 0 spiro atoms. The van der Waals surface area contributed by atoms with Crippen molar-refractivity contribution < 1.29 is 24.5 Å². The van der Waals surface area contributed by atoms with Crippen LogP contribution in [0.15, 0.2) is 29.4 Å². The van der Waals surface area contributed by atoms with Crippen LogP contribution in [-0.4, -0.2) is 45.6 Å². The van der Waals surface area contributed by atoms with E-state index in [1.54, 1.807) is 12.1 Å². The number of methoxy groups -OCH3 is 1. The standard InChI is InChI=1S/C15H18N2O5/c1-9(2)11-8-15(21,14(20)22-3)17(16-11)13(19)10-6-4-5-7-12(10)18/h4-7,9,18,21H,8H2,1-3H3/t15-/m1/s1. The number of phenolic OH excluding ortho intramolecular Hbond substituents is 1. The number of aromatic hydroxyl groups is 1. The molecule has 1 amide bonds. The van der Waals surface area contributed by atoms with Crippen LogP contribution < -0.4 is 0 Å². The number of carbonyl (C=O) groups is 2. The van der Waals surface area contributed by atoms with Crippen LogP contribution in [0.4, 0.5) is 0 Å². The molecule has 118 valence electrons. The Morgan fingerprint density at radius 2 is 2.00 bits per heavy atom. The van der Waals surface area contributed by atoms with Crippen LogP contribution >= 0.6 is 0 Å². The first-order valence-corrected chi connectivity index (χ1v) is 6.82. The van der Waals surface area contributed by atoms with Gasteiger partial charge in [0.1, 0.15) is 5.75 Å². The molecule has 1 heterocycles. The monoisotopic (exact) mass is 306 g/mol. The molecule has 1 aromatic carbocycles. The largest absolute Gasteiger partial charge is 0.507 e. The van der Waals surface area contributed by atoms with Crippen LogP contribution in [0.1, 0.15) is 30.6 Å². The summed E-state index contributed by atoms with van der Waals surface area (Å²) in [6.45, 7) is 3.68. The van der Waals surface area contributed by atoms with Crippen LogP contribution in [0.3, 0.4) is 0 Å². The molecule has 0 saturated carbocycles. The summed E-state index contributed by atoms with van der Waals surface area (Å²) in [7, 11) is 1.12. The fourth-order valence-corrected chi connectivity index (χ4v) is 2.20. The fraction of sp³-hybridized carbons (Fsp3) is 0.400. The Balaban J connectivity index is 2.46. The predicted octanol–water partition coefficient (Wildman–Crippen LogP) is 1.11. The first-order chi connectivity index (χ1) is 10.3. The van der Waals surface area contributed by atoms with E-state index in [1.807, 2.05) is 13.8 Å². The van der Waals surface area contributed by atoms with Gasteiger partial charge >= 0.3 is 5.97 Å². The van der Waals surface area contributed by atoms with Crippen molar-refractivity contribution in [2.24, 2.45) is 11.0 Å². The van der Waals surface area contributed by atoms with Gasteiger partial charge in [-0.2, -0.15) is 10.1 Å². The van der Waals surface area contributed by atoms with Gasteiger partial charge in [-0.3, -0.25) is 4.79 Å². The van der Waals surface area contributed by atoms with E-state index < -0.39 is 17.6 Å². The van der Waals surface area contributed by atoms with Crippen molar-refractivity contribution in [3.63, 3.8) is 0 Å². The molecule has 0 bridgehead atoms. The molecule has 0 fully saturated rings. The summed E-state index contributed by atoms with van der Waals surface area (Å²) in [4.78, 5) is 24.5. The molecule has 7 nitrogen and oxygen atoms in total. The Labute approximate surface area is 127 Å². The van der Waals surface area contributed by atoms with Crippen molar-refractivity contribution in [3.8, 4) is 5.75 Å². The van der Waals surface area contributed by atoms with Crippen molar-refractivity contribution in [3.05, 3.63) is 29.8 Å². The third kappa shape index (κ3) is 2.55. The average Bonchev–Trinajstić information content (AvgIpc) is 2.85. The highest BCUT2D eigenvalue weighted by atomic mass is 16.5. The second kappa shape index (κ2) is 5.76. The Hall–Kier alpha value is -2.41. The number of benzene rings is 1. The van der Waals surface area contributed by atoms with Gasteiger partial charge in [-0.25, -0.2) is 4.79 Å². The Bertz CT molecular complexity index is 641. The molecular formula is C15H18N2O5. The highest BCUT2D eigenvalue weighted by Gasteiger charge is 2.52. The summed E-state index contributed by atoms with van der Waals surface area (Å²) in [5.74, 6) is -2.07. The Kier molecular flexibility index (Phi) is 4.18. The van der Waals surface area contributed by atoms with Crippen molar-refractivity contribution in [2.45, 2.75) is 26.0 Å². The molecule has 1 atom stereocenters. The second-order valence-corrected chi connectivity index (χ2v) is 5.37. The summed E-state index contributed by atoms with van der Waals surface area (Å²) >= 11 is 0. The van der Waals surface area contributed by atoms with Gasteiger partial charge in [0.05, 0.1) is 12.7 Å². The maximum atomic E-state index is 12.6. The summed E-state index contributed by atoms with van der Waals surface area (Å²) in [6, 6.07) is 5.85. The zero-order valence-corrected chi connectivity index (χ0v) is 12.6. The van der Waals surface area contributed by atoms with E-state index in [-0.39, 0.29) is 23.7 Å². The molecule has 1 aromatic rings. The second-order valence-electron chi connectivity index (χ2n) is 5.37. The van der Waals surface area contributed by atoms with Crippen LogP contribution in [-0.2, 0) is 9.53 Å². The number of hydrogen-bond donors (Lipinski definition) is 2. The lowest BCUT2D eigenvalue weighted by Crippen LogP contribution is -2.53. The first-order valence-electron chi connectivity index (χ1n) is 6.82. The zero-order chi connectivity index (χ0) is 16.5. The number of amides is 1. The van der Waals surface area contributed by atoms with E-state index in [9.17, 15) is 19.8 Å². The zero-order valence-electron chi connectivity index (χ0n) is 12.6. The van der Waals surface area contributed by atoms with Crippen LogP contribution in [0.25, 0.3) is 0 Å². The molecule has 22 heavy (non-hydrogen) atoms. The number of phenols is 1. The van der Waals surface area contributed by atoms with E-state index in [0.29, 0.717) is 10.7 Å². The van der Waals surface area contributed by atoms with E-state index >= 15 is 0 Å². The minimum Gasteiger partial charge on any atom is -0.507 e. The van der Waals surface area contributed by atoms with E-state index in [0.717, 1.165) is 7.11 Å². The van der Waals surface area contributed by atoms with E-state index in [2.05, 4.69) is 9.84 Å². The lowest BCUT2D eigenvalue weighted by atomic mass is 9.99. The quantitative estimate of drug-likeness (QED) is 0.815. The van der Waals surface area contributed by atoms with Gasteiger partial charge in [-0.1, -0.05) is 26.0 Å². The number of para-hydroxylation sites is 1. The molecule has 2 N–H and O–H groups in total. The number of hydrogen-bond acceptors (Lipinski definition) is 6. The van der Waals surface area contributed by atoms with Crippen LogP contribution in [0.2, 0.25) is 0 Å². The average molecular weight is 306 g/mol. The predicted molar refractivity (Wildman–Crippen MR) is 78.1 cm³/mol. The highest BCUT2D eigenvalue weighted by Crippen LogP contribution is 2.32. The van der Waals surface area contributed by atoms with Crippen LogP contribution in [0.5, 0.6) is 5.75 Å². The van der Waals surface area contributed by atoms with Crippen LogP contribution in [0, 0.1) is 5.92 Å². The van der Waals surface area contributed by atoms with Gasteiger partial charge in [-0.05, 0) is 18.1 Å². The van der Waals surface area contributed by atoms with E-state index in [1.165, 1.54) is 12.1 Å². The lowest BCUT2D eigenvalue weighted by molar-refractivity contribution is -0.176. The molecule has 1 aliphatic rings. The topological polar surface area (TPSA) is 99.4 Å². The molecule has 7 heteroatoms. The van der Waals surface area contributed by atoms with Gasteiger partial charge in [0.2, 0.25) is 0 Å². The normalized spacial score (nSPS) is 21.0. The lowest BCUT2D eigenvalue weighted by Gasteiger charge is -2.28. The maximum Gasteiger partial charge on any atom is 0.361 e. The highest BCUT2D eigenvalue weighted by molar-refractivity contribution is 6.04. The fourth-order valence-electron chi connectivity index (χ4n) is 2.20. The van der Waals surface area contributed by atoms with Gasteiger partial charge in [-0.15, -0.1) is 0 Å². The molecule has 0 saturated heterocycles. The minimum atomic E-state index is -2.20. The SMILES string of the molecule is COC(=O)[C@]1(O)CC(C(C)C)=NN1C(=O)c1ccccc1O. The summed E-state index contributed by atoms with van der Waals surface area (Å²) in [5.41, 5.74) is -1.76. The van der Waals surface area contributed by atoms with Gasteiger partial charge in [0.25, 0.3) is 11.6 Å². The molecular weight excluding hydrogens is 288 g/mol. The summed E-state index contributed by atoms with van der Waals surface area (Å²) in [5, 5.41) is 25.1.